The zero-order valence-corrected chi connectivity index (χ0v) is 10.2. The second-order valence-electron chi connectivity index (χ2n) is 2.41. The molecule has 0 aliphatic heterocycles. The van der Waals surface area contributed by atoms with Gasteiger partial charge in [-0.25, -0.2) is 4.79 Å². The third-order valence-electron chi connectivity index (χ3n) is 1.48. The van der Waals surface area contributed by atoms with E-state index in [4.69, 9.17) is 0 Å². The maximum absolute atomic E-state index is 10.8. The van der Waals surface area contributed by atoms with Crippen LogP contribution in [0.25, 0.3) is 0 Å². The van der Waals surface area contributed by atoms with Gasteiger partial charge < -0.3 is 14.6 Å². The first-order valence-electron chi connectivity index (χ1n) is 3.79. The van der Waals surface area contributed by atoms with Crippen molar-refractivity contribution in [1.82, 2.24) is 0 Å². The minimum atomic E-state index is -1.39. The Morgan fingerprint density at radius 2 is 1.93 bits per heavy atom. The molecular formula is C10H7NaO4. The normalized spacial score (nSPS) is 8.53. The first-order chi connectivity index (χ1) is 6.65. The van der Waals surface area contributed by atoms with Crippen LogP contribution in [0.5, 0.6) is 5.75 Å². The average molecular weight is 214 g/mol. The van der Waals surface area contributed by atoms with Crippen LogP contribution in [-0.2, 0) is 4.79 Å². The molecule has 0 bridgehead atoms. The third kappa shape index (κ3) is 3.87. The van der Waals surface area contributed by atoms with Gasteiger partial charge >= 0.3 is 35.5 Å². The number of hydrogen-bond donors (Lipinski definition) is 0. The van der Waals surface area contributed by atoms with Gasteiger partial charge in [0.05, 0.1) is 5.97 Å². The second-order valence-corrected chi connectivity index (χ2v) is 2.41. The van der Waals surface area contributed by atoms with Crippen molar-refractivity contribution in [2.45, 2.75) is 0 Å². The number of benzene rings is 1. The van der Waals surface area contributed by atoms with Crippen molar-refractivity contribution in [2.75, 3.05) is 0 Å². The topological polar surface area (TPSA) is 66.4 Å². The van der Waals surface area contributed by atoms with Gasteiger partial charge in [0, 0.05) is 11.6 Å². The summed E-state index contributed by atoms with van der Waals surface area (Å²) in [5, 5.41) is 10.6. The predicted octanol–water partition coefficient (Wildman–Crippen LogP) is -2.85. The van der Waals surface area contributed by atoms with Crippen molar-refractivity contribution in [3.8, 4) is 5.75 Å². The van der Waals surface area contributed by atoms with E-state index in [9.17, 15) is 14.7 Å². The second kappa shape index (κ2) is 6.40. The van der Waals surface area contributed by atoms with Gasteiger partial charge in [-0.2, -0.15) is 0 Å². The van der Waals surface area contributed by atoms with E-state index in [1.54, 1.807) is 6.07 Å². The van der Waals surface area contributed by atoms with Crippen LogP contribution < -0.4 is 39.4 Å². The van der Waals surface area contributed by atoms with Crippen molar-refractivity contribution in [3.05, 3.63) is 42.5 Å². The van der Waals surface area contributed by atoms with E-state index in [1.807, 2.05) is 0 Å². The van der Waals surface area contributed by atoms with Gasteiger partial charge in [-0.3, -0.25) is 0 Å². The molecule has 0 aromatic heterocycles. The quantitative estimate of drug-likeness (QED) is 0.235. The summed E-state index contributed by atoms with van der Waals surface area (Å²) in [6.45, 7) is 3.19. The maximum atomic E-state index is 10.8. The SMILES string of the molecule is C=CC(=O)Oc1ccccc1C(=O)[O-].[Na+]. The molecule has 4 nitrogen and oxygen atoms in total. The van der Waals surface area contributed by atoms with Crippen LogP contribution in [0.15, 0.2) is 36.9 Å². The summed E-state index contributed by atoms with van der Waals surface area (Å²) in [7, 11) is 0. The molecule has 0 saturated heterocycles. The van der Waals surface area contributed by atoms with E-state index in [0.717, 1.165) is 6.08 Å². The number of carboxylic acid groups (broad SMARTS) is 1. The molecule has 0 spiro atoms. The zero-order valence-electron chi connectivity index (χ0n) is 8.23. The largest absolute Gasteiger partial charge is 1.00 e. The van der Waals surface area contributed by atoms with Gasteiger partial charge in [-0.05, 0) is 12.1 Å². The molecule has 15 heavy (non-hydrogen) atoms. The van der Waals surface area contributed by atoms with E-state index < -0.39 is 11.9 Å². The Morgan fingerprint density at radius 3 is 2.47 bits per heavy atom. The molecule has 1 aromatic carbocycles. The summed E-state index contributed by atoms with van der Waals surface area (Å²) in [5.41, 5.74) is -0.164. The standard InChI is InChI=1S/C10H8O4.Na/c1-2-9(11)14-8-6-4-3-5-7(8)10(12)13;/h2-6H,1H2,(H,12,13);/q;+1/p-1. The number of rotatable bonds is 3. The molecule has 72 valence electrons. The fourth-order valence-corrected chi connectivity index (χ4v) is 0.874. The van der Waals surface area contributed by atoms with Crippen molar-refractivity contribution < 1.29 is 49.0 Å². The van der Waals surface area contributed by atoms with Crippen molar-refractivity contribution in [2.24, 2.45) is 0 Å². The van der Waals surface area contributed by atoms with Crippen LogP contribution in [0.3, 0.4) is 0 Å². The molecule has 1 rings (SSSR count). The molecule has 0 fully saturated rings. The first-order valence-corrected chi connectivity index (χ1v) is 3.79. The Morgan fingerprint density at radius 1 is 1.33 bits per heavy atom. The Kier molecular flexibility index (Phi) is 5.93. The summed E-state index contributed by atoms with van der Waals surface area (Å²) in [6, 6.07) is 5.72. The average Bonchev–Trinajstić information content (AvgIpc) is 2.18. The van der Waals surface area contributed by atoms with Crippen LogP contribution in [-0.4, -0.2) is 11.9 Å². The van der Waals surface area contributed by atoms with E-state index in [-0.39, 0.29) is 40.9 Å². The van der Waals surface area contributed by atoms with Gasteiger partial charge in [-0.1, -0.05) is 18.7 Å². The number of carboxylic acids is 1. The molecular weight excluding hydrogens is 207 g/mol. The molecule has 0 saturated carbocycles. The summed E-state index contributed by atoms with van der Waals surface area (Å²) in [4.78, 5) is 21.4. The number of ether oxygens (including phenoxy) is 1. The van der Waals surface area contributed by atoms with E-state index >= 15 is 0 Å². The number of para-hydroxylation sites is 1. The molecule has 0 amide bonds. The van der Waals surface area contributed by atoms with Crippen molar-refractivity contribution >= 4 is 11.9 Å². The van der Waals surface area contributed by atoms with Gasteiger partial charge in [0.2, 0.25) is 0 Å². The van der Waals surface area contributed by atoms with Crippen LogP contribution in [0.2, 0.25) is 0 Å². The number of aromatic carboxylic acids is 1. The van der Waals surface area contributed by atoms with Gasteiger partial charge in [0.25, 0.3) is 0 Å². The molecule has 5 heteroatoms. The van der Waals surface area contributed by atoms with Gasteiger partial charge in [-0.15, -0.1) is 0 Å². The van der Waals surface area contributed by atoms with E-state index in [1.165, 1.54) is 18.2 Å². The molecule has 0 heterocycles. The molecule has 0 N–H and O–H groups in total. The Hall–Kier alpha value is -1.10. The third-order valence-corrected chi connectivity index (χ3v) is 1.48. The molecule has 1 aromatic rings. The Labute approximate surface area is 109 Å². The smallest absolute Gasteiger partial charge is 0.545 e. The Balaban J connectivity index is 0.00000196. The maximum Gasteiger partial charge on any atom is 1.00 e. The molecule has 0 aliphatic rings. The fourth-order valence-electron chi connectivity index (χ4n) is 0.874. The first kappa shape index (κ1) is 13.9. The van der Waals surface area contributed by atoms with Crippen LogP contribution in [0, 0.1) is 0 Å². The zero-order chi connectivity index (χ0) is 10.6. The number of carbonyl (C=O) groups is 2. The minimum absolute atomic E-state index is 0. The summed E-state index contributed by atoms with van der Waals surface area (Å²) < 4.78 is 4.68. The number of esters is 1. The van der Waals surface area contributed by atoms with Crippen molar-refractivity contribution in [1.29, 1.82) is 0 Å². The van der Waals surface area contributed by atoms with E-state index in [2.05, 4.69) is 11.3 Å². The molecule has 0 radical (unpaired) electrons. The molecule has 0 unspecified atom stereocenters. The fraction of sp³-hybridized carbons (Fsp3) is 0. The predicted molar refractivity (Wildman–Crippen MR) is 46.6 cm³/mol. The molecule has 0 atom stereocenters. The number of carbonyl (C=O) groups excluding carboxylic acids is 2. The number of hydrogen-bond acceptors (Lipinski definition) is 4. The summed E-state index contributed by atoms with van der Waals surface area (Å²) >= 11 is 0. The van der Waals surface area contributed by atoms with Crippen LogP contribution >= 0.6 is 0 Å². The van der Waals surface area contributed by atoms with Crippen LogP contribution in [0.4, 0.5) is 0 Å². The Bertz CT molecular complexity index is 387. The van der Waals surface area contributed by atoms with Gasteiger partial charge in [0.1, 0.15) is 5.75 Å². The summed E-state index contributed by atoms with van der Waals surface area (Å²) in [5.74, 6) is -2.14. The van der Waals surface area contributed by atoms with Crippen molar-refractivity contribution in [3.63, 3.8) is 0 Å². The minimum Gasteiger partial charge on any atom is -0.545 e. The van der Waals surface area contributed by atoms with Gasteiger partial charge in [0.15, 0.2) is 0 Å². The van der Waals surface area contributed by atoms with Crippen LogP contribution in [0.1, 0.15) is 10.4 Å². The monoisotopic (exact) mass is 214 g/mol. The van der Waals surface area contributed by atoms with E-state index in [0.29, 0.717) is 0 Å². The molecule has 0 aliphatic carbocycles. The summed E-state index contributed by atoms with van der Waals surface area (Å²) in [6.07, 6.45) is 0.950.